The van der Waals surface area contributed by atoms with Crippen molar-refractivity contribution >= 4 is 29.3 Å². The largest absolute Gasteiger partial charge is 0.447 e. The Kier molecular flexibility index (Phi) is 6.18. The van der Waals surface area contributed by atoms with Crippen molar-refractivity contribution in [3.63, 3.8) is 0 Å². The van der Waals surface area contributed by atoms with Gasteiger partial charge in [-0.15, -0.1) is 0 Å². The molecule has 0 saturated carbocycles. The first-order chi connectivity index (χ1) is 13.8. The van der Waals surface area contributed by atoms with E-state index in [0.717, 1.165) is 0 Å². The van der Waals surface area contributed by atoms with Gasteiger partial charge in [0.25, 0.3) is 0 Å². The van der Waals surface area contributed by atoms with Crippen LogP contribution >= 0.6 is 0 Å². The highest BCUT2D eigenvalue weighted by molar-refractivity contribution is 5.90. The Labute approximate surface area is 166 Å². The zero-order valence-corrected chi connectivity index (χ0v) is 16.0. The number of cyclic esters (lactones) is 1. The van der Waals surface area contributed by atoms with Gasteiger partial charge in [0.1, 0.15) is 19.0 Å². The van der Waals surface area contributed by atoms with Gasteiger partial charge in [0.05, 0.1) is 24.0 Å². The third-order valence-electron chi connectivity index (χ3n) is 5.03. The lowest BCUT2D eigenvalue weighted by molar-refractivity contribution is -0.163. The van der Waals surface area contributed by atoms with Crippen LogP contribution in [0.5, 0.6) is 0 Å². The Morgan fingerprint density at radius 2 is 1.97 bits per heavy atom. The van der Waals surface area contributed by atoms with Crippen molar-refractivity contribution in [1.29, 1.82) is 0 Å². The van der Waals surface area contributed by atoms with Gasteiger partial charge >= 0.3 is 6.09 Å². The van der Waals surface area contributed by atoms with Crippen LogP contribution < -0.4 is 9.80 Å². The molecule has 3 rings (SSSR count). The number of hydroxylamine groups is 2. The van der Waals surface area contributed by atoms with E-state index in [9.17, 15) is 24.0 Å². The average molecular weight is 410 g/mol. The number of hydrogen-bond donors (Lipinski definition) is 2. The normalized spacial score (nSPS) is 19.4. The molecule has 10 nitrogen and oxygen atoms in total. The first kappa shape index (κ1) is 20.8. The SMILES string of the molecule is CC(=O)N(O)CC1COC(=O)N1c1ccc(N2CCN(C(=O)CO)CC2)c(F)c1. The maximum Gasteiger partial charge on any atom is 0.414 e. The average Bonchev–Trinajstić information content (AvgIpc) is 3.07. The predicted octanol–water partition coefficient (Wildman–Crippen LogP) is 0.0295. The number of ether oxygens (including phenoxy) is 1. The summed E-state index contributed by atoms with van der Waals surface area (Å²) in [6.07, 6.45) is -0.685. The number of carbonyl (C=O) groups is 3. The number of benzene rings is 1. The van der Waals surface area contributed by atoms with Crippen molar-refractivity contribution in [3.05, 3.63) is 24.0 Å². The van der Waals surface area contributed by atoms with Gasteiger partial charge in [-0.2, -0.15) is 0 Å². The molecule has 1 aromatic rings. The van der Waals surface area contributed by atoms with E-state index in [2.05, 4.69) is 0 Å². The van der Waals surface area contributed by atoms with Gasteiger partial charge in [-0.3, -0.25) is 19.7 Å². The minimum absolute atomic E-state index is 0.0343. The van der Waals surface area contributed by atoms with Gasteiger partial charge in [-0.1, -0.05) is 0 Å². The van der Waals surface area contributed by atoms with E-state index in [1.807, 2.05) is 0 Å². The molecule has 0 aromatic heterocycles. The summed E-state index contributed by atoms with van der Waals surface area (Å²) in [6.45, 7) is 2.01. The first-order valence-electron chi connectivity index (χ1n) is 9.18. The van der Waals surface area contributed by atoms with E-state index in [1.54, 1.807) is 17.0 Å². The van der Waals surface area contributed by atoms with Crippen LogP contribution in [0.2, 0.25) is 0 Å². The Morgan fingerprint density at radius 3 is 2.55 bits per heavy atom. The summed E-state index contributed by atoms with van der Waals surface area (Å²) in [6, 6.07) is 3.67. The Morgan fingerprint density at radius 1 is 1.28 bits per heavy atom. The topological polar surface area (TPSA) is 114 Å². The summed E-state index contributed by atoms with van der Waals surface area (Å²) in [4.78, 5) is 39.4. The van der Waals surface area contributed by atoms with E-state index >= 15 is 0 Å². The standard InChI is InChI=1S/C18H23FN4O6/c1-12(25)22(28)9-14-11-29-18(27)23(14)13-2-3-16(15(19)8-13)20-4-6-21(7-5-20)17(26)10-24/h2-3,8,14,24,28H,4-7,9-11H2,1H3. The van der Waals surface area contributed by atoms with E-state index in [1.165, 1.54) is 22.8 Å². The van der Waals surface area contributed by atoms with Gasteiger partial charge < -0.3 is 19.6 Å². The minimum Gasteiger partial charge on any atom is -0.447 e. The van der Waals surface area contributed by atoms with Crippen molar-refractivity contribution in [3.8, 4) is 0 Å². The number of piperazine rings is 1. The number of rotatable bonds is 5. The molecular weight excluding hydrogens is 387 g/mol. The molecule has 1 atom stereocenters. The number of anilines is 2. The van der Waals surface area contributed by atoms with Crippen LogP contribution in [0.4, 0.5) is 20.6 Å². The van der Waals surface area contributed by atoms with Crippen molar-refractivity contribution in [2.45, 2.75) is 13.0 Å². The second-order valence-electron chi connectivity index (χ2n) is 6.86. The fraction of sp³-hybridized carbons (Fsp3) is 0.500. The Bertz CT molecular complexity index is 799. The number of hydrogen-bond acceptors (Lipinski definition) is 7. The second-order valence-corrected chi connectivity index (χ2v) is 6.86. The molecule has 3 amide bonds. The molecule has 0 spiro atoms. The number of aliphatic hydroxyl groups is 1. The van der Waals surface area contributed by atoms with Crippen molar-refractivity contribution in [1.82, 2.24) is 9.96 Å². The van der Waals surface area contributed by atoms with Gasteiger partial charge in [0.2, 0.25) is 11.8 Å². The summed E-state index contributed by atoms with van der Waals surface area (Å²) in [5, 5.41) is 19.1. The lowest BCUT2D eigenvalue weighted by Crippen LogP contribution is -2.49. The second kappa shape index (κ2) is 8.62. The van der Waals surface area contributed by atoms with Gasteiger partial charge in [-0.05, 0) is 18.2 Å². The molecule has 2 aliphatic heterocycles. The number of amides is 3. The van der Waals surface area contributed by atoms with Gasteiger partial charge in [0.15, 0.2) is 0 Å². The van der Waals surface area contributed by atoms with Gasteiger partial charge in [-0.25, -0.2) is 14.2 Å². The van der Waals surface area contributed by atoms with Crippen LogP contribution in [-0.4, -0.2) is 90.2 Å². The molecule has 2 heterocycles. The molecule has 0 radical (unpaired) electrons. The van der Waals surface area contributed by atoms with E-state index in [-0.39, 0.29) is 24.7 Å². The number of aliphatic hydroxyl groups excluding tert-OH is 1. The maximum atomic E-state index is 14.8. The van der Waals surface area contributed by atoms with E-state index in [4.69, 9.17) is 9.84 Å². The molecule has 158 valence electrons. The zero-order chi connectivity index (χ0) is 21.1. The quantitative estimate of drug-likeness (QED) is 0.520. The Hall–Kier alpha value is -2.92. The van der Waals surface area contributed by atoms with E-state index in [0.29, 0.717) is 36.9 Å². The third kappa shape index (κ3) is 4.40. The van der Waals surface area contributed by atoms with Crippen molar-refractivity contribution in [2.75, 3.05) is 55.7 Å². The highest BCUT2D eigenvalue weighted by Crippen LogP contribution is 2.29. The zero-order valence-electron chi connectivity index (χ0n) is 16.0. The molecule has 0 bridgehead atoms. The third-order valence-corrected chi connectivity index (χ3v) is 5.03. The summed E-state index contributed by atoms with van der Waals surface area (Å²) in [5.74, 6) is -1.48. The maximum absolute atomic E-state index is 14.8. The molecule has 1 aromatic carbocycles. The first-order valence-corrected chi connectivity index (χ1v) is 9.18. The van der Waals surface area contributed by atoms with Crippen molar-refractivity contribution < 1.29 is 33.8 Å². The summed E-state index contributed by atoms with van der Waals surface area (Å²) >= 11 is 0. The number of nitrogens with zero attached hydrogens (tertiary/aromatic N) is 4. The molecule has 2 fully saturated rings. The number of carbonyl (C=O) groups excluding carboxylic acids is 3. The molecule has 1 unspecified atom stereocenters. The fourth-order valence-electron chi connectivity index (χ4n) is 3.44. The highest BCUT2D eigenvalue weighted by atomic mass is 19.1. The number of halogens is 1. The van der Waals surface area contributed by atoms with E-state index < -0.39 is 30.5 Å². The van der Waals surface area contributed by atoms with Crippen LogP contribution in [0.1, 0.15) is 6.92 Å². The lowest BCUT2D eigenvalue weighted by Gasteiger charge is -2.36. The Balaban J connectivity index is 1.72. The molecule has 0 aliphatic carbocycles. The molecule has 2 saturated heterocycles. The smallest absolute Gasteiger partial charge is 0.414 e. The summed E-state index contributed by atoms with van der Waals surface area (Å²) < 4.78 is 19.8. The van der Waals surface area contributed by atoms with Crippen LogP contribution in [0, 0.1) is 5.82 Å². The van der Waals surface area contributed by atoms with Gasteiger partial charge in [0, 0.05) is 33.1 Å². The predicted molar refractivity (Wildman–Crippen MR) is 99.1 cm³/mol. The molecule has 29 heavy (non-hydrogen) atoms. The fourth-order valence-corrected chi connectivity index (χ4v) is 3.44. The molecule has 2 aliphatic rings. The molecular formula is C18H23FN4O6. The highest BCUT2D eigenvalue weighted by Gasteiger charge is 2.36. The lowest BCUT2D eigenvalue weighted by atomic mass is 10.2. The van der Waals surface area contributed by atoms with Crippen molar-refractivity contribution in [2.24, 2.45) is 0 Å². The van der Waals surface area contributed by atoms with Crippen LogP contribution in [-0.2, 0) is 14.3 Å². The minimum atomic E-state index is -0.685. The van der Waals surface area contributed by atoms with Crippen LogP contribution in [0.15, 0.2) is 18.2 Å². The van der Waals surface area contributed by atoms with Crippen LogP contribution in [0.3, 0.4) is 0 Å². The monoisotopic (exact) mass is 410 g/mol. The summed E-state index contributed by atoms with van der Waals surface area (Å²) in [5.41, 5.74) is 0.589. The van der Waals surface area contributed by atoms with Crippen LogP contribution in [0.25, 0.3) is 0 Å². The molecule has 2 N–H and O–H groups in total. The summed E-state index contributed by atoms with van der Waals surface area (Å²) in [7, 11) is 0. The molecule has 11 heteroatoms.